The van der Waals surface area contributed by atoms with E-state index >= 15 is 0 Å². The van der Waals surface area contributed by atoms with Crippen molar-refractivity contribution < 1.29 is 9.53 Å². The number of hydrogen-bond acceptors (Lipinski definition) is 3. The molecule has 0 aliphatic rings. The Labute approximate surface area is 115 Å². The number of benzene rings is 1. The van der Waals surface area contributed by atoms with Crippen LogP contribution in [0.25, 0.3) is 0 Å². The maximum atomic E-state index is 10.1. The average molecular weight is 261 g/mol. The minimum atomic E-state index is 0.0487. The van der Waals surface area contributed by atoms with E-state index in [2.05, 4.69) is 44.8 Å². The summed E-state index contributed by atoms with van der Waals surface area (Å²) in [6, 6.07) is 4.34. The molecule has 3 nitrogen and oxygen atoms in total. The number of hydrogen-bond donors (Lipinski definition) is 0. The van der Waals surface area contributed by atoms with Crippen LogP contribution in [0.2, 0.25) is 0 Å². The molecule has 0 atom stereocenters. The van der Waals surface area contributed by atoms with E-state index in [0.717, 1.165) is 18.6 Å². The summed E-state index contributed by atoms with van der Waals surface area (Å²) in [4.78, 5) is 13.7. The molecule has 104 valence electrons. The molecule has 0 spiro atoms. The summed E-state index contributed by atoms with van der Waals surface area (Å²) in [6.45, 7) is 9.17. The molecular weight excluding hydrogens is 238 g/mol. The molecule has 0 aliphatic carbocycles. The standard InChI is InChI=1S/C16H23NO2/c1-12-9-13(7-6-8-17-11-18)15(19-5)14(10-12)16(2,3)4/h9-10H,6-8H2,1-5H3. The lowest BCUT2D eigenvalue weighted by Gasteiger charge is -2.25. The topological polar surface area (TPSA) is 38.7 Å². The number of aryl methyl sites for hydroxylation is 2. The fourth-order valence-corrected chi connectivity index (χ4v) is 2.23. The summed E-state index contributed by atoms with van der Waals surface area (Å²) < 4.78 is 5.61. The molecule has 0 amide bonds. The van der Waals surface area contributed by atoms with E-state index < -0.39 is 0 Å². The van der Waals surface area contributed by atoms with Crippen molar-refractivity contribution in [3.05, 3.63) is 28.8 Å². The van der Waals surface area contributed by atoms with E-state index in [0.29, 0.717) is 6.54 Å². The zero-order valence-electron chi connectivity index (χ0n) is 12.5. The van der Waals surface area contributed by atoms with E-state index in [1.807, 2.05) is 0 Å². The third-order valence-corrected chi connectivity index (χ3v) is 3.10. The van der Waals surface area contributed by atoms with Crippen molar-refractivity contribution in [1.82, 2.24) is 0 Å². The van der Waals surface area contributed by atoms with E-state index in [4.69, 9.17) is 4.74 Å². The Morgan fingerprint density at radius 2 is 2.00 bits per heavy atom. The number of methoxy groups -OCH3 is 1. The Morgan fingerprint density at radius 1 is 1.32 bits per heavy atom. The van der Waals surface area contributed by atoms with Crippen molar-refractivity contribution >= 4 is 6.08 Å². The molecule has 0 aliphatic heterocycles. The number of carbonyl (C=O) groups excluding carboxylic acids is 1. The van der Waals surface area contributed by atoms with Gasteiger partial charge in [-0.25, -0.2) is 9.79 Å². The molecule has 0 saturated carbocycles. The highest BCUT2D eigenvalue weighted by molar-refractivity contribution is 5.48. The zero-order valence-corrected chi connectivity index (χ0v) is 12.5. The van der Waals surface area contributed by atoms with Gasteiger partial charge in [0, 0.05) is 5.56 Å². The van der Waals surface area contributed by atoms with Gasteiger partial charge >= 0.3 is 0 Å². The van der Waals surface area contributed by atoms with Crippen molar-refractivity contribution in [2.24, 2.45) is 4.99 Å². The molecule has 0 unspecified atom stereocenters. The first-order chi connectivity index (χ1) is 8.90. The normalized spacial score (nSPS) is 11.0. The minimum absolute atomic E-state index is 0.0487. The van der Waals surface area contributed by atoms with Gasteiger partial charge in [0.2, 0.25) is 6.08 Å². The van der Waals surface area contributed by atoms with Crippen LogP contribution in [0.15, 0.2) is 17.1 Å². The second-order valence-electron chi connectivity index (χ2n) is 5.83. The van der Waals surface area contributed by atoms with E-state index in [9.17, 15) is 4.79 Å². The number of aliphatic imine (C=N–C) groups is 1. The summed E-state index contributed by atoms with van der Waals surface area (Å²) in [5, 5.41) is 0. The van der Waals surface area contributed by atoms with Crippen LogP contribution in [0.4, 0.5) is 0 Å². The molecule has 1 aromatic rings. The van der Waals surface area contributed by atoms with Crippen LogP contribution < -0.4 is 4.74 Å². The number of ether oxygens (including phenoxy) is 1. The smallest absolute Gasteiger partial charge is 0.234 e. The fraction of sp³-hybridized carbons (Fsp3) is 0.562. The highest BCUT2D eigenvalue weighted by Crippen LogP contribution is 2.35. The fourth-order valence-electron chi connectivity index (χ4n) is 2.23. The van der Waals surface area contributed by atoms with Crippen LogP contribution in [0, 0.1) is 6.92 Å². The van der Waals surface area contributed by atoms with E-state index in [1.54, 1.807) is 13.2 Å². The molecule has 0 aromatic heterocycles. The van der Waals surface area contributed by atoms with Crippen molar-refractivity contribution in [2.45, 2.75) is 46.0 Å². The summed E-state index contributed by atoms with van der Waals surface area (Å²) in [7, 11) is 1.72. The molecule has 1 aromatic carbocycles. The van der Waals surface area contributed by atoms with Gasteiger partial charge in [0.25, 0.3) is 0 Å². The third-order valence-electron chi connectivity index (χ3n) is 3.10. The molecule has 0 saturated heterocycles. The molecule has 0 bridgehead atoms. The van der Waals surface area contributed by atoms with Crippen LogP contribution in [0.5, 0.6) is 5.75 Å². The van der Waals surface area contributed by atoms with Gasteiger partial charge in [-0.1, -0.05) is 38.5 Å². The largest absolute Gasteiger partial charge is 0.496 e. The van der Waals surface area contributed by atoms with Crippen LogP contribution in [0.3, 0.4) is 0 Å². The Kier molecular flexibility index (Phi) is 5.31. The van der Waals surface area contributed by atoms with E-state index in [-0.39, 0.29) is 5.41 Å². The monoisotopic (exact) mass is 261 g/mol. The first kappa shape index (κ1) is 15.5. The van der Waals surface area contributed by atoms with E-state index in [1.165, 1.54) is 16.7 Å². The van der Waals surface area contributed by atoms with Crippen molar-refractivity contribution in [2.75, 3.05) is 13.7 Å². The van der Waals surface area contributed by atoms with Crippen LogP contribution in [0.1, 0.15) is 43.9 Å². The van der Waals surface area contributed by atoms with Crippen molar-refractivity contribution in [3.8, 4) is 5.75 Å². The molecule has 3 heteroatoms. The molecule has 0 fully saturated rings. The van der Waals surface area contributed by atoms with Gasteiger partial charge in [-0.05, 0) is 30.7 Å². The molecule has 0 N–H and O–H groups in total. The van der Waals surface area contributed by atoms with Crippen LogP contribution in [-0.4, -0.2) is 19.7 Å². The lowest BCUT2D eigenvalue weighted by atomic mass is 9.83. The Hall–Kier alpha value is -1.60. The first-order valence-electron chi connectivity index (χ1n) is 6.61. The van der Waals surface area contributed by atoms with Gasteiger partial charge in [-0.2, -0.15) is 0 Å². The molecule has 0 heterocycles. The maximum Gasteiger partial charge on any atom is 0.234 e. The quantitative estimate of drug-likeness (QED) is 0.462. The van der Waals surface area contributed by atoms with Gasteiger partial charge in [0.05, 0.1) is 13.7 Å². The lowest BCUT2D eigenvalue weighted by molar-refractivity contribution is 0.392. The molecular formula is C16H23NO2. The molecule has 0 radical (unpaired) electrons. The number of rotatable bonds is 5. The third kappa shape index (κ3) is 4.22. The average Bonchev–Trinajstić information content (AvgIpc) is 2.33. The zero-order chi connectivity index (χ0) is 14.5. The highest BCUT2D eigenvalue weighted by Gasteiger charge is 2.21. The first-order valence-corrected chi connectivity index (χ1v) is 6.61. The summed E-state index contributed by atoms with van der Waals surface area (Å²) in [5.74, 6) is 0.966. The minimum Gasteiger partial charge on any atom is -0.496 e. The number of nitrogens with zero attached hydrogens (tertiary/aromatic N) is 1. The predicted molar refractivity (Wildman–Crippen MR) is 77.7 cm³/mol. The Morgan fingerprint density at radius 3 is 2.53 bits per heavy atom. The van der Waals surface area contributed by atoms with Crippen LogP contribution >= 0.6 is 0 Å². The highest BCUT2D eigenvalue weighted by atomic mass is 16.5. The lowest BCUT2D eigenvalue weighted by Crippen LogP contribution is -2.14. The van der Waals surface area contributed by atoms with Crippen molar-refractivity contribution in [1.29, 1.82) is 0 Å². The van der Waals surface area contributed by atoms with Gasteiger partial charge in [-0.15, -0.1) is 0 Å². The maximum absolute atomic E-state index is 10.1. The summed E-state index contributed by atoms with van der Waals surface area (Å²) in [5.41, 5.74) is 3.70. The van der Waals surface area contributed by atoms with Crippen molar-refractivity contribution in [3.63, 3.8) is 0 Å². The Balaban J connectivity index is 3.09. The van der Waals surface area contributed by atoms with Gasteiger partial charge in [0.1, 0.15) is 5.75 Å². The molecule has 19 heavy (non-hydrogen) atoms. The van der Waals surface area contributed by atoms with Gasteiger partial charge < -0.3 is 4.74 Å². The second kappa shape index (κ2) is 6.53. The van der Waals surface area contributed by atoms with Gasteiger partial charge in [0.15, 0.2) is 0 Å². The SMILES string of the molecule is COc1c(CCCN=C=O)cc(C)cc1C(C)(C)C. The summed E-state index contributed by atoms with van der Waals surface area (Å²) >= 11 is 0. The summed E-state index contributed by atoms with van der Waals surface area (Å²) in [6.07, 6.45) is 3.27. The van der Waals surface area contributed by atoms with Crippen LogP contribution in [-0.2, 0) is 16.6 Å². The molecule has 1 rings (SSSR count). The predicted octanol–water partition coefficient (Wildman–Crippen LogP) is 3.57. The second-order valence-corrected chi connectivity index (χ2v) is 5.83. The van der Waals surface area contributed by atoms with Gasteiger partial charge in [-0.3, -0.25) is 0 Å². The number of isocyanates is 1. The Bertz CT molecular complexity index is 480.